The van der Waals surface area contributed by atoms with Gasteiger partial charge in [-0.15, -0.1) is 0 Å². The quantitative estimate of drug-likeness (QED) is 0.418. The van der Waals surface area contributed by atoms with E-state index >= 15 is 0 Å². The molecule has 2 nitrogen and oxygen atoms in total. The van der Waals surface area contributed by atoms with Crippen LogP contribution in [0.3, 0.4) is 0 Å². The number of benzene rings is 3. The zero-order chi connectivity index (χ0) is 17.9. The molecular weight excluding hydrogens is 320 g/mol. The fraction of sp³-hybridized carbons (Fsp3) is 0.0417. The molecule has 0 saturated heterocycles. The van der Waals surface area contributed by atoms with Gasteiger partial charge in [-0.25, -0.2) is 0 Å². The molecule has 0 spiro atoms. The van der Waals surface area contributed by atoms with Crippen LogP contribution >= 0.6 is 0 Å². The molecule has 26 heavy (non-hydrogen) atoms. The van der Waals surface area contributed by atoms with Crippen LogP contribution in [0.5, 0.6) is 0 Å². The van der Waals surface area contributed by atoms with Gasteiger partial charge in [-0.3, -0.25) is 4.79 Å². The van der Waals surface area contributed by atoms with Crippen LogP contribution in [0, 0.1) is 6.92 Å². The van der Waals surface area contributed by atoms with Crippen LogP contribution in [0.1, 0.15) is 21.5 Å². The number of carbonyl (C=O) groups is 1. The first kappa shape index (κ1) is 16.1. The average Bonchev–Trinajstić information content (AvgIpc) is 3.15. The molecule has 1 aromatic heterocycles. The van der Waals surface area contributed by atoms with E-state index in [4.69, 9.17) is 4.42 Å². The van der Waals surface area contributed by atoms with Crippen molar-refractivity contribution in [3.8, 4) is 22.6 Å². The molecule has 0 aliphatic heterocycles. The average molecular weight is 338 g/mol. The lowest BCUT2D eigenvalue weighted by Crippen LogP contribution is -2.00. The first-order chi connectivity index (χ1) is 12.7. The van der Waals surface area contributed by atoms with Crippen molar-refractivity contribution in [2.24, 2.45) is 0 Å². The topological polar surface area (TPSA) is 30.2 Å². The summed E-state index contributed by atoms with van der Waals surface area (Å²) in [5.41, 5.74) is 4.27. The maximum Gasteiger partial charge on any atom is 0.196 e. The number of carbonyl (C=O) groups excluding carboxylic acids is 1. The van der Waals surface area contributed by atoms with Crippen LogP contribution in [0.4, 0.5) is 0 Å². The van der Waals surface area contributed by atoms with Gasteiger partial charge in [0.1, 0.15) is 11.5 Å². The Hall–Kier alpha value is -3.39. The molecule has 126 valence electrons. The predicted molar refractivity (Wildman–Crippen MR) is 104 cm³/mol. The summed E-state index contributed by atoms with van der Waals surface area (Å²) in [4.78, 5) is 13.1. The van der Waals surface area contributed by atoms with Gasteiger partial charge in [-0.05, 0) is 13.0 Å². The fourth-order valence-electron chi connectivity index (χ4n) is 2.97. The molecule has 0 amide bonds. The maximum absolute atomic E-state index is 13.1. The summed E-state index contributed by atoms with van der Waals surface area (Å²) in [5.74, 6) is 1.27. The summed E-state index contributed by atoms with van der Waals surface area (Å²) in [5, 5.41) is 0. The van der Waals surface area contributed by atoms with E-state index in [0.717, 1.165) is 11.1 Å². The van der Waals surface area contributed by atoms with E-state index in [0.29, 0.717) is 22.6 Å². The van der Waals surface area contributed by atoms with Gasteiger partial charge in [0.05, 0.1) is 5.56 Å². The van der Waals surface area contributed by atoms with E-state index in [9.17, 15) is 4.79 Å². The number of furan rings is 1. The zero-order valence-electron chi connectivity index (χ0n) is 14.5. The third-order valence-corrected chi connectivity index (χ3v) is 4.38. The van der Waals surface area contributed by atoms with Gasteiger partial charge in [-0.1, -0.05) is 90.5 Å². The normalized spacial score (nSPS) is 10.7. The van der Waals surface area contributed by atoms with Crippen molar-refractivity contribution in [1.82, 2.24) is 0 Å². The molecule has 4 aromatic rings. The van der Waals surface area contributed by atoms with E-state index in [1.165, 1.54) is 5.56 Å². The standard InChI is InChI=1S/C24H18O2/c1-17-12-14-18(15-13-17)22-16-21(23(25)19-8-4-2-5-9-19)24(26-22)20-10-6-3-7-11-20/h2-16H,1H3. The highest BCUT2D eigenvalue weighted by Gasteiger charge is 2.21. The Bertz CT molecular complexity index is 1030. The van der Waals surface area contributed by atoms with Crippen molar-refractivity contribution < 1.29 is 9.21 Å². The van der Waals surface area contributed by atoms with Gasteiger partial charge in [0.15, 0.2) is 5.78 Å². The summed E-state index contributed by atoms with van der Waals surface area (Å²) in [7, 11) is 0. The second kappa shape index (κ2) is 6.85. The summed E-state index contributed by atoms with van der Waals surface area (Å²) in [6.07, 6.45) is 0. The van der Waals surface area contributed by atoms with E-state index in [1.807, 2.05) is 97.9 Å². The Kier molecular flexibility index (Phi) is 4.24. The number of hydrogen-bond acceptors (Lipinski definition) is 2. The van der Waals surface area contributed by atoms with E-state index in [2.05, 4.69) is 0 Å². The van der Waals surface area contributed by atoms with Gasteiger partial charge in [0, 0.05) is 16.7 Å². The van der Waals surface area contributed by atoms with Crippen molar-refractivity contribution in [3.05, 3.63) is 108 Å². The maximum atomic E-state index is 13.1. The summed E-state index contributed by atoms with van der Waals surface area (Å²) >= 11 is 0. The molecule has 4 rings (SSSR count). The van der Waals surface area contributed by atoms with E-state index in [1.54, 1.807) is 0 Å². The van der Waals surface area contributed by atoms with E-state index < -0.39 is 0 Å². The van der Waals surface area contributed by atoms with Crippen molar-refractivity contribution >= 4 is 5.78 Å². The van der Waals surface area contributed by atoms with Crippen LogP contribution in [0.15, 0.2) is 95.4 Å². The molecule has 0 radical (unpaired) electrons. The Balaban J connectivity index is 1.86. The molecule has 0 N–H and O–H groups in total. The van der Waals surface area contributed by atoms with Gasteiger partial charge >= 0.3 is 0 Å². The van der Waals surface area contributed by atoms with Gasteiger partial charge < -0.3 is 4.42 Å². The molecule has 3 aromatic carbocycles. The Morgan fingerprint density at radius 3 is 2.00 bits per heavy atom. The lowest BCUT2D eigenvalue weighted by molar-refractivity contribution is 0.103. The number of rotatable bonds is 4. The second-order valence-electron chi connectivity index (χ2n) is 6.28. The van der Waals surface area contributed by atoms with Crippen LogP contribution in [-0.4, -0.2) is 5.78 Å². The molecule has 0 bridgehead atoms. The lowest BCUT2D eigenvalue weighted by atomic mass is 10.00. The minimum atomic E-state index is -0.0356. The van der Waals surface area contributed by atoms with Crippen LogP contribution in [-0.2, 0) is 0 Å². The number of aryl methyl sites for hydroxylation is 1. The first-order valence-corrected chi connectivity index (χ1v) is 8.58. The first-order valence-electron chi connectivity index (χ1n) is 8.58. The monoisotopic (exact) mass is 338 g/mol. The Morgan fingerprint density at radius 1 is 0.731 bits per heavy atom. The molecule has 1 heterocycles. The van der Waals surface area contributed by atoms with Crippen molar-refractivity contribution in [1.29, 1.82) is 0 Å². The lowest BCUT2D eigenvalue weighted by Gasteiger charge is -2.02. The second-order valence-corrected chi connectivity index (χ2v) is 6.28. The third kappa shape index (κ3) is 3.09. The predicted octanol–water partition coefficient (Wildman–Crippen LogP) is 6.15. The van der Waals surface area contributed by atoms with Crippen LogP contribution < -0.4 is 0 Å². The minimum Gasteiger partial charge on any atom is -0.455 e. The Morgan fingerprint density at radius 2 is 1.35 bits per heavy atom. The Labute approximate surface area is 152 Å². The smallest absolute Gasteiger partial charge is 0.196 e. The van der Waals surface area contributed by atoms with Crippen molar-refractivity contribution in [2.75, 3.05) is 0 Å². The molecule has 0 aliphatic carbocycles. The van der Waals surface area contributed by atoms with Gasteiger partial charge in [-0.2, -0.15) is 0 Å². The summed E-state index contributed by atoms with van der Waals surface area (Å²) in [6.45, 7) is 2.05. The van der Waals surface area contributed by atoms with Gasteiger partial charge in [0.2, 0.25) is 0 Å². The van der Waals surface area contributed by atoms with Crippen LogP contribution in [0.2, 0.25) is 0 Å². The van der Waals surface area contributed by atoms with E-state index in [-0.39, 0.29) is 5.78 Å². The molecule has 0 fully saturated rings. The highest BCUT2D eigenvalue weighted by Crippen LogP contribution is 2.34. The van der Waals surface area contributed by atoms with Crippen LogP contribution in [0.25, 0.3) is 22.6 Å². The number of hydrogen-bond donors (Lipinski definition) is 0. The number of ketones is 1. The van der Waals surface area contributed by atoms with Crippen molar-refractivity contribution in [3.63, 3.8) is 0 Å². The molecule has 0 atom stereocenters. The van der Waals surface area contributed by atoms with Gasteiger partial charge in [0.25, 0.3) is 0 Å². The minimum absolute atomic E-state index is 0.0356. The van der Waals surface area contributed by atoms with Crippen molar-refractivity contribution in [2.45, 2.75) is 6.92 Å². The fourth-order valence-corrected chi connectivity index (χ4v) is 2.97. The molecular formula is C24H18O2. The molecule has 2 heteroatoms. The SMILES string of the molecule is Cc1ccc(-c2cc(C(=O)c3ccccc3)c(-c3ccccc3)o2)cc1. The largest absolute Gasteiger partial charge is 0.455 e. The highest BCUT2D eigenvalue weighted by molar-refractivity contribution is 6.12. The molecule has 0 aliphatic rings. The summed E-state index contributed by atoms with van der Waals surface area (Å²) in [6, 6.07) is 29.0. The molecule has 0 saturated carbocycles. The zero-order valence-corrected chi connectivity index (χ0v) is 14.5. The third-order valence-electron chi connectivity index (χ3n) is 4.38. The highest BCUT2D eigenvalue weighted by atomic mass is 16.3. The summed E-state index contributed by atoms with van der Waals surface area (Å²) < 4.78 is 6.15. The molecule has 0 unspecified atom stereocenters.